The van der Waals surface area contributed by atoms with Crippen LogP contribution >= 0.6 is 0 Å². The Hall–Kier alpha value is -1.00. The summed E-state index contributed by atoms with van der Waals surface area (Å²) in [5.74, 6) is 2.22. The summed E-state index contributed by atoms with van der Waals surface area (Å²) in [6.07, 6.45) is 4.66. The van der Waals surface area contributed by atoms with E-state index in [-0.39, 0.29) is 11.2 Å². The maximum atomic E-state index is 6.62. The number of epoxide rings is 1. The fraction of sp³-hybridized carbons (Fsp3) is 0.714. The van der Waals surface area contributed by atoms with E-state index >= 15 is 0 Å². The van der Waals surface area contributed by atoms with Gasteiger partial charge in [-0.25, -0.2) is 0 Å². The molecule has 0 saturated carbocycles. The molecule has 2 atom stereocenters. The topological polar surface area (TPSA) is 31.0 Å². The molecule has 3 nitrogen and oxygen atoms in total. The predicted molar refractivity (Wildman–Crippen MR) is 106 cm³/mol. The van der Waals surface area contributed by atoms with E-state index in [4.69, 9.17) is 13.9 Å². The highest BCUT2D eigenvalue weighted by atomic mass is 28.3. The molecule has 0 radical (unpaired) electrons. The van der Waals surface area contributed by atoms with E-state index in [0.717, 1.165) is 37.2 Å². The van der Waals surface area contributed by atoms with Gasteiger partial charge in [0.1, 0.15) is 17.1 Å². The Morgan fingerprint density at radius 3 is 2.28 bits per heavy atom. The van der Waals surface area contributed by atoms with Gasteiger partial charge in [-0.2, -0.15) is 0 Å². The molecule has 1 saturated heterocycles. The third-order valence-electron chi connectivity index (χ3n) is 6.02. The van der Waals surface area contributed by atoms with E-state index in [2.05, 4.69) is 54.6 Å². The number of ether oxygens (including phenoxy) is 2. The molecule has 0 N–H and O–H groups in total. The van der Waals surface area contributed by atoms with Crippen LogP contribution in [-0.2, 0) is 11.2 Å². The fourth-order valence-electron chi connectivity index (χ4n) is 4.05. The van der Waals surface area contributed by atoms with Gasteiger partial charge in [-0.3, -0.25) is 0 Å². The zero-order valence-corrected chi connectivity index (χ0v) is 18.4. The summed E-state index contributed by atoms with van der Waals surface area (Å²) in [6, 6.07) is 0. The molecule has 1 aromatic rings. The van der Waals surface area contributed by atoms with Gasteiger partial charge < -0.3 is 13.9 Å². The molecule has 0 spiro atoms. The highest BCUT2D eigenvalue weighted by molar-refractivity contribution is 6.49. The highest BCUT2D eigenvalue weighted by Gasteiger charge is 2.48. The maximum Gasteiger partial charge on any atom is 0.229 e. The Kier molecular flexibility index (Phi) is 4.74. The molecular weight excluding hydrogens is 328 g/mol. The van der Waals surface area contributed by atoms with Crippen LogP contribution in [0.1, 0.15) is 62.3 Å². The molecule has 2 aliphatic heterocycles. The minimum Gasteiger partial charge on any atom is -0.547 e. The molecule has 4 heteroatoms. The van der Waals surface area contributed by atoms with Crippen LogP contribution in [0.15, 0.2) is 0 Å². The number of hydrogen-bond donors (Lipinski definition) is 0. The lowest BCUT2D eigenvalue weighted by Gasteiger charge is -2.38. The van der Waals surface area contributed by atoms with Crippen LogP contribution in [-0.4, -0.2) is 26.3 Å². The van der Waals surface area contributed by atoms with Gasteiger partial charge in [0, 0.05) is 5.56 Å². The highest BCUT2D eigenvalue weighted by Crippen LogP contribution is 2.46. The molecule has 1 aromatic carbocycles. The van der Waals surface area contributed by atoms with E-state index in [0.29, 0.717) is 6.10 Å². The van der Waals surface area contributed by atoms with Gasteiger partial charge in [0.05, 0.1) is 11.7 Å². The average molecular weight is 363 g/mol. The van der Waals surface area contributed by atoms with Gasteiger partial charge in [-0.05, 0) is 97.0 Å². The smallest absolute Gasteiger partial charge is 0.229 e. The van der Waals surface area contributed by atoms with Crippen molar-refractivity contribution in [2.24, 2.45) is 0 Å². The van der Waals surface area contributed by atoms with Gasteiger partial charge in [0.25, 0.3) is 0 Å². The van der Waals surface area contributed by atoms with Crippen LogP contribution in [0.25, 0.3) is 0 Å². The summed E-state index contributed by atoms with van der Waals surface area (Å²) in [4.78, 5) is 0. The first-order valence-corrected chi connectivity index (χ1v) is 12.5. The number of hydrogen-bond acceptors (Lipinski definition) is 3. The Bertz CT molecular complexity index is 680. The lowest BCUT2D eigenvalue weighted by molar-refractivity contribution is 0.0508. The van der Waals surface area contributed by atoms with Crippen molar-refractivity contribution in [2.45, 2.75) is 97.6 Å². The Balaban J connectivity index is 1.83. The zero-order valence-electron chi connectivity index (χ0n) is 17.2. The summed E-state index contributed by atoms with van der Waals surface area (Å²) < 4.78 is 18.6. The van der Waals surface area contributed by atoms with Gasteiger partial charge in [0.15, 0.2) is 0 Å². The first-order chi connectivity index (χ1) is 11.5. The van der Waals surface area contributed by atoms with Crippen molar-refractivity contribution in [3.05, 3.63) is 22.3 Å². The molecule has 1 fully saturated rings. The molecule has 0 bridgehead atoms. The molecular formula is C21H34O3Si. The van der Waals surface area contributed by atoms with Gasteiger partial charge in [0.2, 0.25) is 9.04 Å². The van der Waals surface area contributed by atoms with Crippen molar-refractivity contribution in [1.82, 2.24) is 0 Å². The predicted octanol–water partition coefficient (Wildman–Crippen LogP) is 5.02. The van der Waals surface area contributed by atoms with Crippen LogP contribution in [0, 0.1) is 20.8 Å². The van der Waals surface area contributed by atoms with Crippen molar-refractivity contribution in [1.29, 1.82) is 0 Å². The number of benzene rings is 1. The summed E-state index contributed by atoms with van der Waals surface area (Å²) in [7, 11) is -1.12. The van der Waals surface area contributed by atoms with E-state index < -0.39 is 9.04 Å². The zero-order chi connectivity index (χ0) is 18.6. The van der Waals surface area contributed by atoms with Crippen molar-refractivity contribution in [3.8, 4) is 11.5 Å². The minimum atomic E-state index is -1.12. The second-order valence-corrected chi connectivity index (χ2v) is 11.3. The molecule has 0 aromatic heterocycles. The normalized spacial score (nSPS) is 27.0. The molecule has 1 unspecified atom stereocenters. The Morgan fingerprint density at radius 1 is 1.08 bits per heavy atom. The summed E-state index contributed by atoms with van der Waals surface area (Å²) >= 11 is 0. The molecule has 0 aliphatic carbocycles. The summed E-state index contributed by atoms with van der Waals surface area (Å²) in [5, 5.41) is 0. The summed E-state index contributed by atoms with van der Waals surface area (Å²) in [5.41, 5.74) is 5.11. The molecule has 0 amide bonds. The van der Waals surface area contributed by atoms with Crippen LogP contribution in [0.3, 0.4) is 0 Å². The monoisotopic (exact) mass is 362 g/mol. The fourth-order valence-corrected chi connectivity index (χ4v) is 4.87. The third-order valence-corrected chi connectivity index (χ3v) is 6.72. The molecule has 2 aliphatic rings. The Morgan fingerprint density at radius 2 is 1.72 bits per heavy atom. The van der Waals surface area contributed by atoms with E-state index in [1.165, 1.54) is 22.3 Å². The van der Waals surface area contributed by atoms with E-state index in [1.807, 2.05) is 0 Å². The van der Waals surface area contributed by atoms with Gasteiger partial charge >= 0.3 is 0 Å². The molecule has 3 rings (SSSR count). The van der Waals surface area contributed by atoms with Crippen molar-refractivity contribution in [2.75, 3.05) is 0 Å². The van der Waals surface area contributed by atoms with Crippen LogP contribution in [0.2, 0.25) is 13.1 Å². The van der Waals surface area contributed by atoms with E-state index in [9.17, 15) is 0 Å². The number of rotatable bonds is 5. The van der Waals surface area contributed by atoms with Crippen LogP contribution < -0.4 is 9.16 Å². The maximum absolute atomic E-state index is 6.62. The first-order valence-electron chi connectivity index (χ1n) is 9.70. The lowest BCUT2D eigenvalue weighted by Crippen LogP contribution is -2.37. The Labute approximate surface area is 154 Å². The molecule has 2 heterocycles. The minimum absolute atomic E-state index is 0.0685. The third kappa shape index (κ3) is 3.61. The SMILES string of the molecule is Cc1c(C)c2c(c(C)c1O[SiH](C)C)CC[C@@](C)(CCC1OC1(C)C)O2. The quantitative estimate of drug-likeness (QED) is 0.544. The average Bonchev–Trinajstić information content (AvgIpc) is 3.14. The largest absolute Gasteiger partial charge is 0.547 e. The van der Waals surface area contributed by atoms with Crippen molar-refractivity contribution in [3.63, 3.8) is 0 Å². The van der Waals surface area contributed by atoms with Crippen LogP contribution in [0.4, 0.5) is 0 Å². The second kappa shape index (κ2) is 6.31. The lowest BCUT2D eigenvalue weighted by atomic mass is 9.84. The molecule has 25 heavy (non-hydrogen) atoms. The van der Waals surface area contributed by atoms with Gasteiger partial charge in [-0.15, -0.1) is 0 Å². The first kappa shape index (κ1) is 18.8. The molecule has 140 valence electrons. The standard InChI is InChI=1S/C21H34O3Si/c1-13-14(2)19-16(15(3)18(13)24-25(7)8)9-11-21(6,23-19)12-10-17-20(4,5)22-17/h17,25H,9-12H2,1-8H3/t17?,21-/m0/s1. The van der Waals surface area contributed by atoms with E-state index in [1.54, 1.807) is 0 Å². The second-order valence-electron chi connectivity index (χ2n) is 8.98. The van der Waals surface area contributed by atoms with Crippen molar-refractivity contribution < 1.29 is 13.9 Å². The summed E-state index contributed by atoms with van der Waals surface area (Å²) in [6.45, 7) is 17.6. The van der Waals surface area contributed by atoms with Crippen molar-refractivity contribution >= 4 is 9.04 Å². The van der Waals surface area contributed by atoms with Gasteiger partial charge in [-0.1, -0.05) is 0 Å². The number of fused-ring (bicyclic) bond motifs is 1. The van der Waals surface area contributed by atoms with Crippen LogP contribution in [0.5, 0.6) is 11.5 Å².